The van der Waals surface area contributed by atoms with Crippen molar-refractivity contribution in [1.29, 1.82) is 0 Å². The van der Waals surface area contributed by atoms with Crippen molar-refractivity contribution in [3.63, 3.8) is 0 Å². The van der Waals surface area contributed by atoms with Crippen LogP contribution in [0.4, 0.5) is 0 Å². The van der Waals surface area contributed by atoms with E-state index in [4.69, 9.17) is 14.0 Å². The smallest absolute Gasteiger partial charge is 0.237 e. The zero-order valence-electron chi connectivity index (χ0n) is 16.7. The van der Waals surface area contributed by atoms with Crippen LogP contribution in [0.3, 0.4) is 0 Å². The van der Waals surface area contributed by atoms with Crippen molar-refractivity contribution in [2.75, 3.05) is 14.2 Å². The third-order valence-corrected chi connectivity index (χ3v) is 6.04. The minimum atomic E-state index is 0.508. The predicted octanol–water partition coefficient (Wildman–Crippen LogP) is 4.29. The molecule has 1 fully saturated rings. The first-order chi connectivity index (χ1) is 14.2. The highest BCUT2D eigenvalue weighted by Crippen LogP contribution is 2.32. The van der Waals surface area contributed by atoms with Crippen LogP contribution < -0.4 is 9.47 Å². The van der Waals surface area contributed by atoms with Gasteiger partial charge in [-0.25, -0.2) is 4.98 Å². The monoisotopic (exact) mass is 415 g/mol. The van der Waals surface area contributed by atoms with Crippen molar-refractivity contribution in [2.24, 2.45) is 5.92 Å². The zero-order valence-corrected chi connectivity index (χ0v) is 17.5. The molecule has 1 aliphatic carbocycles. The SMILES string of the molecule is COc1ccc(-c2noc(CSc3n[nH]c(CCC4CCCC4)n3)n2)cc1OC. The van der Waals surface area contributed by atoms with Gasteiger partial charge >= 0.3 is 0 Å². The van der Waals surface area contributed by atoms with Crippen molar-refractivity contribution in [1.82, 2.24) is 25.3 Å². The Labute approximate surface area is 173 Å². The van der Waals surface area contributed by atoms with Gasteiger partial charge in [0.15, 0.2) is 11.5 Å². The van der Waals surface area contributed by atoms with E-state index in [9.17, 15) is 0 Å². The molecule has 1 saturated carbocycles. The highest BCUT2D eigenvalue weighted by molar-refractivity contribution is 7.98. The average molecular weight is 416 g/mol. The summed E-state index contributed by atoms with van der Waals surface area (Å²) < 4.78 is 16.0. The second-order valence-electron chi connectivity index (χ2n) is 7.12. The molecule has 154 valence electrons. The molecular weight excluding hydrogens is 390 g/mol. The van der Waals surface area contributed by atoms with E-state index in [0.29, 0.717) is 34.1 Å². The summed E-state index contributed by atoms with van der Waals surface area (Å²) in [5.41, 5.74) is 0.801. The normalized spacial score (nSPS) is 14.4. The number of ether oxygens (including phenoxy) is 2. The van der Waals surface area contributed by atoms with Gasteiger partial charge in [-0.15, -0.1) is 5.10 Å². The Kier molecular flexibility index (Phi) is 6.33. The summed E-state index contributed by atoms with van der Waals surface area (Å²) in [7, 11) is 3.20. The lowest BCUT2D eigenvalue weighted by Gasteiger charge is -2.07. The lowest BCUT2D eigenvalue weighted by atomic mass is 10.0. The van der Waals surface area contributed by atoms with E-state index < -0.39 is 0 Å². The van der Waals surface area contributed by atoms with Gasteiger partial charge in [0, 0.05) is 12.0 Å². The van der Waals surface area contributed by atoms with Crippen molar-refractivity contribution in [3.05, 3.63) is 29.9 Å². The number of methoxy groups -OCH3 is 2. The predicted molar refractivity (Wildman–Crippen MR) is 109 cm³/mol. The van der Waals surface area contributed by atoms with Crippen LogP contribution in [0, 0.1) is 5.92 Å². The van der Waals surface area contributed by atoms with Gasteiger partial charge < -0.3 is 14.0 Å². The van der Waals surface area contributed by atoms with Gasteiger partial charge in [-0.3, -0.25) is 5.10 Å². The summed E-state index contributed by atoms with van der Waals surface area (Å²) in [5.74, 6) is 4.63. The van der Waals surface area contributed by atoms with Gasteiger partial charge in [0.2, 0.25) is 16.9 Å². The molecule has 2 heterocycles. The quantitative estimate of drug-likeness (QED) is 0.517. The number of nitrogens with zero attached hydrogens (tertiary/aromatic N) is 4. The Morgan fingerprint density at radius 1 is 1.14 bits per heavy atom. The van der Waals surface area contributed by atoms with Crippen molar-refractivity contribution in [2.45, 2.75) is 49.4 Å². The van der Waals surface area contributed by atoms with Crippen molar-refractivity contribution in [3.8, 4) is 22.9 Å². The summed E-state index contributed by atoms with van der Waals surface area (Å²) in [6, 6.07) is 5.52. The van der Waals surface area contributed by atoms with Crippen LogP contribution in [0.15, 0.2) is 27.9 Å². The third kappa shape index (κ3) is 4.90. The molecule has 0 atom stereocenters. The van der Waals surface area contributed by atoms with Crippen LogP contribution in [-0.2, 0) is 12.2 Å². The number of hydrogen-bond acceptors (Lipinski definition) is 8. The Hall–Kier alpha value is -2.55. The molecule has 0 radical (unpaired) electrons. The average Bonchev–Trinajstić information content (AvgIpc) is 3.52. The van der Waals surface area contributed by atoms with Gasteiger partial charge in [-0.1, -0.05) is 42.6 Å². The number of benzene rings is 1. The van der Waals surface area contributed by atoms with E-state index in [0.717, 1.165) is 23.7 Å². The first-order valence-electron chi connectivity index (χ1n) is 9.84. The molecule has 8 nitrogen and oxygen atoms in total. The summed E-state index contributed by atoms with van der Waals surface area (Å²) in [4.78, 5) is 9.03. The second kappa shape index (κ2) is 9.30. The van der Waals surface area contributed by atoms with E-state index in [-0.39, 0.29) is 0 Å². The minimum absolute atomic E-state index is 0.508. The number of aryl methyl sites for hydroxylation is 1. The molecule has 0 aliphatic heterocycles. The molecule has 2 aromatic heterocycles. The Morgan fingerprint density at radius 3 is 2.76 bits per heavy atom. The maximum Gasteiger partial charge on any atom is 0.237 e. The van der Waals surface area contributed by atoms with Crippen LogP contribution in [0.5, 0.6) is 11.5 Å². The number of rotatable bonds is 9. The highest BCUT2D eigenvalue weighted by Gasteiger charge is 2.16. The number of nitrogens with one attached hydrogen (secondary N) is 1. The van der Waals surface area contributed by atoms with Gasteiger partial charge in [0.05, 0.1) is 20.0 Å². The van der Waals surface area contributed by atoms with E-state index in [1.165, 1.54) is 43.9 Å². The van der Waals surface area contributed by atoms with E-state index in [1.54, 1.807) is 14.2 Å². The number of H-pyrrole nitrogens is 1. The molecule has 1 N–H and O–H groups in total. The topological polar surface area (TPSA) is 99.0 Å². The number of aromatic amines is 1. The maximum absolute atomic E-state index is 5.37. The van der Waals surface area contributed by atoms with Crippen molar-refractivity contribution < 1.29 is 14.0 Å². The molecule has 3 aromatic rings. The summed E-state index contributed by atoms with van der Waals surface area (Å²) >= 11 is 1.48. The molecule has 0 bridgehead atoms. The Balaban J connectivity index is 1.33. The molecular formula is C20H25N5O3S. The van der Waals surface area contributed by atoms with Gasteiger partial charge in [0.25, 0.3) is 0 Å². The largest absolute Gasteiger partial charge is 0.493 e. The van der Waals surface area contributed by atoms with Crippen LogP contribution in [0.25, 0.3) is 11.4 Å². The molecule has 0 spiro atoms. The molecule has 29 heavy (non-hydrogen) atoms. The zero-order chi connectivity index (χ0) is 20.1. The summed E-state index contributed by atoms with van der Waals surface area (Å²) in [6.45, 7) is 0. The molecule has 9 heteroatoms. The number of aromatic nitrogens is 5. The molecule has 1 aliphatic rings. The van der Waals surface area contributed by atoms with Gasteiger partial charge in [-0.2, -0.15) is 4.98 Å². The lowest BCUT2D eigenvalue weighted by Crippen LogP contribution is -1.97. The number of hydrogen-bond donors (Lipinski definition) is 1. The number of thioether (sulfide) groups is 1. The Morgan fingerprint density at radius 2 is 1.97 bits per heavy atom. The summed E-state index contributed by atoms with van der Waals surface area (Å²) in [5, 5.41) is 12.1. The maximum atomic E-state index is 5.37. The highest BCUT2D eigenvalue weighted by atomic mass is 32.2. The van der Waals surface area contributed by atoms with Crippen molar-refractivity contribution >= 4 is 11.8 Å². The second-order valence-corrected chi connectivity index (χ2v) is 8.07. The van der Waals surface area contributed by atoms with E-state index in [2.05, 4.69) is 25.3 Å². The van der Waals surface area contributed by atoms with Crippen LogP contribution in [0.1, 0.15) is 43.8 Å². The fourth-order valence-corrected chi connectivity index (χ4v) is 4.28. The van der Waals surface area contributed by atoms with Crippen LogP contribution in [0.2, 0.25) is 0 Å². The fraction of sp³-hybridized carbons (Fsp3) is 0.500. The first kappa shape index (κ1) is 19.8. The molecule has 0 amide bonds. The van der Waals surface area contributed by atoms with E-state index >= 15 is 0 Å². The summed E-state index contributed by atoms with van der Waals surface area (Å²) in [6.07, 6.45) is 7.61. The molecule has 0 saturated heterocycles. The fourth-order valence-electron chi connectivity index (χ4n) is 3.63. The molecule has 4 rings (SSSR count). The molecule has 0 unspecified atom stereocenters. The minimum Gasteiger partial charge on any atom is -0.493 e. The lowest BCUT2D eigenvalue weighted by molar-refractivity contribution is 0.355. The first-order valence-corrected chi connectivity index (χ1v) is 10.8. The Bertz CT molecular complexity index is 936. The van der Waals surface area contributed by atoms with E-state index in [1.807, 2.05) is 18.2 Å². The van der Waals surface area contributed by atoms with Crippen LogP contribution >= 0.6 is 11.8 Å². The third-order valence-electron chi connectivity index (χ3n) is 5.21. The van der Waals surface area contributed by atoms with Crippen LogP contribution in [-0.4, -0.2) is 39.5 Å². The molecule has 1 aromatic carbocycles. The standard InChI is InChI=1S/C20H25N5O3S/c1-26-15-9-8-14(11-16(15)27-2)19-22-18(28-25-19)12-29-20-21-17(23-24-20)10-7-13-5-3-4-6-13/h8-9,11,13H,3-7,10,12H2,1-2H3,(H,21,23,24). The van der Waals surface area contributed by atoms with Gasteiger partial charge in [0.1, 0.15) is 5.82 Å². The van der Waals surface area contributed by atoms with Gasteiger partial charge in [-0.05, 0) is 30.5 Å².